The fraction of sp³-hybridized carbons (Fsp3) is 0.125. The summed E-state index contributed by atoms with van der Waals surface area (Å²) in [6.07, 6.45) is 3.39. The van der Waals surface area contributed by atoms with Crippen molar-refractivity contribution in [3.05, 3.63) is 54.6 Å². The molecule has 0 radical (unpaired) electrons. The zero-order valence-electron chi connectivity index (χ0n) is 13.0. The number of halogens is 1. The third kappa shape index (κ3) is 2.92. The minimum Gasteiger partial charge on any atom is -0.394 e. The second kappa shape index (κ2) is 6.29. The number of fused-ring (bicyclic) bond motifs is 1. The van der Waals surface area contributed by atoms with Gasteiger partial charge in [0.25, 0.3) is 0 Å². The largest absolute Gasteiger partial charge is 0.394 e. The molecule has 1 aromatic carbocycles. The third-order valence-corrected chi connectivity index (χ3v) is 3.61. The van der Waals surface area contributed by atoms with Gasteiger partial charge < -0.3 is 10.4 Å². The molecule has 0 aliphatic carbocycles. The summed E-state index contributed by atoms with van der Waals surface area (Å²) in [5.41, 5.74) is 1.57. The quantitative estimate of drug-likeness (QED) is 0.576. The molecule has 0 bridgehead atoms. The first-order valence-electron chi connectivity index (χ1n) is 7.62. The first kappa shape index (κ1) is 15.2. The van der Waals surface area contributed by atoms with Gasteiger partial charge in [0.05, 0.1) is 30.6 Å². The van der Waals surface area contributed by atoms with Gasteiger partial charge in [0, 0.05) is 6.20 Å². The Bertz CT molecular complexity index is 1030. The number of nitrogens with zero attached hydrogens (tertiary/aromatic N) is 6. The van der Waals surface area contributed by atoms with Crippen LogP contribution in [0.3, 0.4) is 0 Å². The molecule has 4 rings (SSSR count). The first-order chi connectivity index (χ1) is 12.2. The fourth-order valence-electron chi connectivity index (χ4n) is 2.47. The zero-order valence-corrected chi connectivity index (χ0v) is 13.0. The number of aliphatic hydroxyl groups excluding tert-OH is 1. The Morgan fingerprint density at radius 2 is 2.00 bits per heavy atom. The van der Waals surface area contributed by atoms with Gasteiger partial charge in [0.2, 0.25) is 0 Å². The molecule has 3 aromatic heterocycles. The number of benzene rings is 1. The molecule has 0 aliphatic rings. The van der Waals surface area contributed by atoms with Crippen LogP contribution in [0.4, 0.5) is 15.9 Å². The Kier molecular flexibility index (Phi) is 3.82. The summed E-state index contributed by atoms with van der Waals surface area (Å²) in [5, 5.41) is 28.7. The van der Waals surface area contributed by atoms with Crippen LogP contribution in [0.2, 0.25) is 0 Å². The lowest BCUT2D eigenvalue weighted by molar-refractivity contribution is 0.269. The molecule has 25 heavy (non-hydrogen) atoms. The summed E-state index contributed by atoms with van der Waals surface area (Å²) < 4.78 is 17.1. The molecule has 0 atom stereocenters. The second-order valence-electron chi connectivity index (χ2n) is 5.33. The summed E-state index contributed by atoms with van der Waals surface area (Å²) in [6.45, 7) is 0.426. The predicted octanol–water partition coefficient (Wildman–Crippen LogP) is 1.86. The molecule has 0 unspecified atom stereocenters. The van der Waals surface area contributed by atoms with Crippen molar-refractivity contribution in [1.82, 2.24) is 29.6 Å². The van der Waals surface area contributed by atoms with E-state index >= 15 is 0 Å². The minimum atomic E-state index is -0.387. The molecule has 0 amide bonds. The normalized spacial score (nSPS) is 11.1. The molecular weight excluding hydrogens is 325 g/mol. The number of nitrogens with one attached hydrogen (secondary N) is 1. The molecule has 4 aromatic rings. The standard InChI is InChI=1S/C16H14FN7O/c17-13-4-2-1-3-12(13)16-21-20-15-6-5-14(22-24(15)16)19-11-9-18-23(10-11)7-8-25/h1-6,9-10,25H,7-8H2,(H,19,22). The smallest absolute Gasteiger partial charge is 0.188 e. The van der Waals surface area contributed by atoms with E-state index in [1.807, 2.05) is 0 Å². The highest BCUT2D eigenvalue weighted by molar-refractivity contribution is 5.61. The van der Waals surface area contributed by atoms with Crippen molar-refractivity contribution in [3.63, 3.8) is 0 Å². The summed E-state index contributed by atoms with van der Waals surface area (Å²) in [6, 6.07) is 9.84. The number of hydrogen-bond acceptors (Lipinski definition) is 6. The van der Waals surface area contributed by atoms with Gasteiger partial charge in [-0.05, 0) is 24.3 Å². The van der Waals surface area contributed by atoms with Crippen molar-refractivity contribution in [3.8, 4) is 11.4 Å². The van der Waals surface area contributed by atoms with Crippen LogP contribution in [0.5, 0.6) is 0 Å². The van der Waals surface area contributed by atoms with Crippen molar-refractivity contribution in [2.45, 2.75) is 6.54 Å². The number of rotatable bonds is 5. The van der Waals surface area contributed by atoms with Gasteiger partial charge in [-0.25, -0.2) is 4.39 Å². The maximum atomic E-state index is 14.0. The number of anilines is 2. The van der Waals surface area contributed by atoms with Gasteiger partial charge in [0.15, 0.2) is 17.3 Å². The molecule has 2 N–H and O–H groups in total. The highest BCUT2D eigenvalue weighted by Gasteiger charge is 2.13. The summed E-state index contributed by atoms with van der Waals surface area (Å²) in [5.74, 6) is 0.475. The Morgan fingerprint density at radius 3 is 2.84 bits per heavy atom. The van der Waals surface area contributed by atoms with Gasteiger partial charge in [-0.1, -0.05) is 12.1 Å². The van der Waals surface area contributed by atoms with E-state index < -0.39 is 0 Å². The topological polar surface area (TPSA) is 93.2 Å². The highest BCUT2D eigenvalue weighted by atomic mass is 19.1. The van der Waals surface area contributed by atoms with Gasteiger partial charge in [-0.3, -0.25) is 4.68 Å². The van der Waals surface area contributed by atoms with Crippen LogP contribution in [0, 0.1) is 5.82 Å². The Labute approximate surface area is 141 Å². The Morgan fingerprint density at radius 1 is 1.12 bits per heavy atom. The predicted molar refractivity (Wildman–Crippen MR) is 88.8 cm³/mol. The van der Waals surface area contributed by atoms with Crippen LogP contribution in [-0.4, -0.2) is 41.3 Å². The lowest BCUT2D eigenvalue weighted by atomic mass is 10.2. The third-order valence-electron chi connectivity index (χ3n) is 3.61. The minimum absolute atomic E-state index is 0.0119. The zero-order chi connectivity index (χ0) is 17.2. The Hall–Kier alpha value is -3.33. The van der Waals surface area contributed by atoms with Crippen LogP contribution in [0.1, 0.15) is 0 Å². The van der Waals surface area contributed by atoms with Crippen molar-refractivity contribution in [1.29, 1.82) is 0 Å². The SMILES string of the molecule is OCCn1cc(Nc2ccc3nnc(-c4ccccc4F)n3n2)cn1. The molecule has 0 saturated heterocycles. The average Bonchev–Trinajstić information content (AvgIpc) is 3.22. The maximum Gasteiger partial charge on any atom is 0.188 e. The second-order valence-corrected chi connectivity index (χ2v) is 5.33. The molecule has 126 valence electrons. The van der Waals surface area contributed by atoms with Crippen LogP contribution in [-0.2, 0) is 6.54 Å². The van der Waals surface area contributed by atoms with Crippen molar-refractivity contribution < 1.29 is 9.50 Å². The van der Waals surface area contributed by atoms with E-state index in [0.29, 0.717) is 29.4 Å². The summed E-state index contributed by atoms with van der Waals surface area (Å²) in [7, 11) is 0. The van der Waals surface area contributed by atoms with Crippen molar-refractivity contribution in [2.24, 2.45) is 0 Å². The molecule has 3 heterocycles. The van der Waals surface area contributed by atoms with E-state index in [9.17, 15) is 4.39 Å². The molecule has 0 spiro atoms. The van der Waals surface area contributed by atoms with E-state index in [1.165, 1.54) is 10.6 Å². The molecular formula is C16H14FN7O. The number of aliphatic hydroxyl groups is 1. The lowest BCUT2D eigenvalue weighted by Crippen LogP contribution is -2.02. The Balaban J connectivity index is 1.69. The molecule has 8 nitrogen and oxygen atoms in total. The molecule has 0 saturated carbocycles. The maximum absolute atomic E-state index is 14.0. The lowest BCUT2D eigenvalue weighted by Gasteiger charge is -2.04. The van der Waals surface area contributed by atoms with Crippen molar-refractivity contribution >= 4 is 17.2 Å². The monoisotopic (exact) mass is 339 g/mol. The first-order valence-corrected chi connectivity index (χ1v) is 7.62. The molecule has 0 fully saturated rings. The van der Waals surface area contributed by atoms with Gasteiger partial charge in [0.1, 0.15) is 5.82 Å². The molecule has 0 aliphatic heterocycles. The van der Waals surface area contributed by atoms with E-state index in [1.54, 1.807) is 47.4 Å². The van der Waals surface area contributed by atoms with Gasteiger partial charge in [-0.15, -0.1) is 15.3 Å². The van der Waals surface area contributed by atoms with E-state index in [0.717, 1.165) is 5.69 Å². The van der Waals surface area contributed by atoms with E-state index in [-0.39, 0.29) is 12.4 Å². The van der Waals surface area contributed by atoms with Crippen LogP contribution in [0.15, 0.2) is 48.8 Å². The van der Waals surface area contributed by atoms with Crippen molar-refractivity contribution in [2.75, 3.05) is 11.9 Å². The fourth-order valence-corrected chi connectivity index (χ4v) is 2.47. The number of aromatic nitrogens is 6. The average molecular weight is 339 g/mol. The summed E-state index contributed by atoms with van der Waals surface area (Å²) in [4.78, 5) is 0. The van der Waals surface area contributed by atoms with E-state index in [4.69, 9.17) is 5.11 Å². The highest BCUT2D eigenvalue weighted by Crippen LogP contribution is 2.22. The van der Waals surface area contributed by atoms with Crippen LogP contribution in [0.25, 0.3) is 17.0 Å². The summed E-state index contributed by atoms with van der Waals surface area (Å²) >= 11 is 0. The van der Waals surface area contributed by atoms with Crippen LogP contribution < -0.4 is 5.32 Å². The van der Waals surface area contributed by atoms with Crippen LogP contribution >= 0.6 is 0 Å². The van der Waals surface area contributed by atoms with Gasteiger partial charge in [-0.2, -0.15) is 9.61 Å². The number of hydrogen-bond donors (Lipinski definition) is 2. The van der Waals surface area contributed by atoms with Gasteiger partial charge >= 0.3 is 0 Å². The van der Waals surface area contributed by atoms with E-state index in [2.05, 4.69) is 25.7 Å². The molecule has 9 heteroatoms.